The minimum absolute atomic E-state index is 0.147. The Morgan fingerprint density at radius 2 is 1.96 bits per heavy atom. The van der Waals surface area contributed by atoms with Crippen molar-refractivity contribution in [2.45, 2.75) is 65.9 Å². The number of benzene rings is 1. The van der Waals surface area contributed by atoms with E-state index < -0.39 is 0 Å². The molecule has 6 atom stereocenters. The van der Waals surface area contributed by atoms with Crippen molar-refractivity contribution < 1.29 is 5.11 Å². The minimum Gasteiger partial charge on any atom is -0.393 e. The number of aliphatic hydroxyl groups is 1. The molecule has 2 saturated carbocycles. The maximum atomic E-state index is 10.9. The normalized spacial score (nSPS) is 39.1. The van der Waals surface area contributed by atoms with E-state index in [4.69, 9.17) is 0 Å². The smallest absolute Gasteiger partial charge is 0.0577 e. The molecule has 0 saturated heterocycles. The first-order valence-corrected chi connectivity index (χ1v) is 11.0. The Hall–Kier alpha value is -0.350. The van der Waals surface area contributed by atoms with Gasteiger partial charge in [0.2, 0.25) is 0 Å². The molecule has 0 aliphatic heterocycles. The average Bonchev–Trinajstić information content (AvgIpc) is 2.59. The Kier molecular flexibility index (Phi) is 5.99. The molecule has 1 nitrogen and oxygen atoms in total. The van der Waals surface area contributed by atoms with Crippen LogP contribution in [-0.4, -0.2) is 11.2 Å². The first-order chi connectivity index (χ1) is 11.8. The molecular weight excluding hydrogens is 419 g/mol. The molecule has 0 radical (unpaired) electrons. The number of hydrogen-bond donors (Lipinski definition) is 1. The Bertz CT molecular complexity index is 619. The molecule has 0 aromatic heterocycles. The van der Waals surface area contributed by atoms with E-state index in [9.17, 15) is 5.11 Å². The van der Waals surface area contributed by atoms with Crippen LogP contribution < -0.4 is 0 Å². The quantitative estimate of drug-likeness (QED) is 0.425. The Labute approximate surface area is 167 Å². The van der Waals surface area contributed by atoms with Crippen LogP contribution >= 0.6 is 22.6 Å². The summed E-state index contributed by atoms with van der Waals surface area (Å²) in [7, 11) is 0. The van der Waals surface area contributed by atoms with Gasteiger partial charge in [-0.1, -0.05) is 37.6 Å². The van der Waals surface area contributed by atoms with Crippen molar-refractivity contribution in [3.8, 4) is 0 Å². The highest BCUT2D eigenvalue weighted by Crippen LogP contribution is 2.58. The van der Waals surface area contributed by atoms with E-state index in [1.165, 1.54) is 28.4 Å². The van der Waals surface area contributed by atoms with Crippen LogP contribution in [0.4, 0.5) is 0 Å². The van der Waals surface area contributed by atoms with Crippen LogP contribution in [0.25, 0.3) is 0 Å². The van der Waals surface area contributed by atoms with Crippen LogP contribution in [-0.2, 0) is 6.42 Å². The van der Waals surface area contributed by atoms with Crippen LogP contribution in [0.1, 0.15) is 58.9 Å². The third kappa shape index (κ3) is 3.85. The molecule has 2 aliphatic carbocycles. The summed E-state index contributed by atoms with van der Waals surface area (Å²) in [5, 5.41) is 10.9. The lowest BCUT2D eigenvalue weighted by Gasteiger charge is -2.56. The third-order valence-electron chi connectivity index (χ3n) is 7.58. The second-order valence-corrected chi connectivity index (χ2v) is 10.1. The monoisotopic (exact) mass is 452 g/mol. The number of fused-ring (bicyclic) bond motifs is 1. The van der Waals surface area contributed by atoms with Gasteiger partial charge in [0.05, 0.1) is 6.10 Å². The largest absolute Gasteiger partial charge is 0.393 e. The van der Waals surface area contributed by atoms with Crippen molar-refractivity contribution in [3.05, 3.63) is 45.0 Å². The first-order valence-electron chi connectivity index (χ1n) is 9.90. The van der Waals surface area contributed by atoms with Gasteiger partial charge >= 0.3 is 0 Å². The van der Waals surface area contributed by atoms with E-state index in [2.05, 4.69) is 80.6 Å². The fourth-order valence-corrected chi connectivity index (χ4v) is 5.99. The van der Waals surface area contributed by atoms with Crippen LogP contribution in [0.3, 0.4) is 0 Å². The van der Waals surface area contributed by atoms with Gasteiger partial charge in [-0.05, 0) is 115 Å². The molecule has 0 bridgehead atoms. The number of rotatable bonds is 3. The average molecular weight is 452 g/mol. The zero-order valence-corrected chi connectivity index (χ0v) is 18.3. The predicted molar refractivity (Wildman–Crippen MR) is 115 cm³/mol. The second-order valence-electron chi connectivity index (χ2n) is 8.82. The molecular formula is C23H33IO. The van der Waals surface area contributed by atoms with Gasteiger partial charge in [0.15, 0.2) is 0 Å². The van der Waals surface area contributed by atoms with Crippen molar-refractivity contribution in [3.63, 3.8) is 0 Å². The lowest BCUT2D eigenvalue weighted by atomic mass is 9.49. The van der Waals surface area contributed by atoms with Crippen molar-refractivity contribution in [2.24, 2.45) is 29.1 Å². The molecule has 2 aliphatic rings. The highest BCUT2D eigenvalue weighted by Gasteiger charge is 2.52. The van der Waals surface area contributed by atoms with Gasteiger partial charge in [0.25, 0.3) is 0 Å². The summed E-state index contributed by atoms with van der Waals surface area (Å²) >= 11 is 2.36. The maximum Gasteiger partial charge on any atom is 0.0577 e. The Morgan fingerprint density at radius 3 is 2.60 bits per heavy atom. The van der Waals surface area contributed by atoms with E-state index in [0.717, 1.165) is 18.8 Å². The van der Waals surface area contributed by atoms with Crippen molar-refractivity contribution >= 4 is 22.6 Å². The summed E-state index contributed by atoms with van der Waals surface area (Å²) in [6.07, 6.45) is 8.00. The first kappa shape index (κ1) is 19.4. The van der Waals surface area contributed by atoms with Gasteiger partial charge in [-0.3, -0.25) is 0 Å². The summed E-state index contributed by atoms with van der Waals surface area (Å²) in [6, 6.07) is 8.89. The predicted octanol–water partition coefficient (Wildman–Crippen LogP) is 6.24. The summed E-state index contributed by atoms with van der Waals surface area (Å²) in [5.74, 6) is 2.40. The van der Waals surface area contributed by atoms with E-state index >= 15 is 0 Å². The Balaban J connectivity index is 1.84. The second kappa shape index (κ2) is 7.72. The van der Waals surface area contributed by atoms with E-state index in [-0.39, 0.29) is 6.10 Å². The van der Waals surface area contributed by atoms with E-state index in [1.807, 2.05) is 0 Å². The van der Waals surface area contributed by atoms with E-state index in [0.29, 0.717) is 23.2 Å². The van der Waals surface area contributed by atoms with Crippen LogP contribution in [0, 0.1) is 32.7 Å². The molecule has 25 heavy (non-hydrogen) atoms. The molecule has 0 amide bonds. The highest BCUT2D eigenvalue weighted by atomic mass is 127. The van der Waals surface area contributed by atoms with Crippen molar-refractivity contribution in [1.82, 2.24) is 0 Å². The number of halogens is 1. The molecule has 1 N–H and O–H groups in total. The van der Waals surface area contributed by atoms with Crippen molar-refractivity contribution in [2.75, 3.05) is 0 Å². The maximum absolute atomic E-state index is 10.9. The van der Waals surface area contributed by atoms with Crippen LogP contribution in [0.5, 0.6) is 0 Å². The zero-order valence-electron chi connectivity index (χ0n) is 16.1. The SMILES string of the molecule is C/C=C(\C)[C@@H]1CC[C@H]2[C@H](Cc3ccc(I)cc3)[C@H](O)C[C@@H](C)[C@]2(C)C1. The van der Waals surface area contributed by atoms with Gasteiger partial charge < -0.3 is 5.11 Å². The van der Waals surface area contributed by atoms with Gasteiger partial charge in [-0.2, -0.15) is 0 Å². The molecule has 0 heterocycles. The molecule has 0 unspecified atom stereocenters. The summed E-state index contributed by atoms with van der Waals surface area (Å²) in [5.41, 5.74) is 3.31. The van der Waals surface area contributed by atoms with Gasteiger partial charge in [0.1, 0.15) is 0 Å². The lowest BCUT2D eigenvalue weighted by molar-refractivity contribution is -0.105. The standard InChI is InChI=1S/C23H33IO/c1-5-15(2)18-8-11-21-20(13-17-6-9-19(24)10-7-17)22(25)12-16(3)23(21,4)14-18/h5-7,9-10,16,18,20-22,25H,8,11-14H2,1-4H3/b15-5+/t16-,18-,20+,21+,22-,23+/m1/s1. The van der Waals surface area contributed by atoms with Crippen LogP contribution in [0.15, 0.2) is 35.9 Å². The molecule has 2 fully saturated rings. The molecule has 1 aromatic rings. The summed E-state index contributed by atoms with van der Waals surface area (Å²) in [6.45, 7) is 9.38. The van der Waals surface area contributed by atoms with Crippen molar-refractivity contribution in [1.29, 1.82) is 0 Å². The highest BCUT2D eigenvalue weighted by molar-refractivity contribution is 14.1. The topological polar surface area (TPSA) is 20.2 Å². The molecule has 0 spiro atoms. The fourth-order valence-electron chi connectivity index (χ4n) is 5.63. The summed E-state index contributed by atoms with van der Waals surface area (Å²) < 4.78 is 1.28. The van der Waals surface area contributed by atoms with Crippen LogP contribution in [0.2, 0.25) is 0 Å². The minimum atomic E-state index is -0.147. The Morgan fingerprint density at radius 1 is 1.28 bits per heavy atom. The molecule has 1 aromatic carbocycles. The van der Waals surface area contributed by atoms with Gasteiger partial charge in [-0.15, -0.1) is 0 Å². The van der Waals surface area contributed by atoms with E-state index in [1.54, 1.807) is 5.57 Å². The third-order valence-corrected chi connectivity index (χ3v) is 8.29. The lowest BCUT2D eigenvalue weighted by Crippen LogP contribution is -2.52. The molecule has 3 rings (SSSR count). The summed E-state index contributed by atoms with van der Waals surface area (Å²) in [4.78, 5) is 0. The van der Waals surface area contributed by atoms with Gasteiger partial charge in [-0.25, -0.2) is 0 Å². The number of hydrogen-bond acceptors (Lipinski definition) is 1. The molecule has 2 heteroatoms. The fraction of sp³-hybridized carbons (Fsp3) is 0.652. The molecule has 138 valence electrons. The van der Waals surface area contributed by atoms with Gasteiger partial charge in [0, 0.05) is 3.57 Å². The number of aliphatic hydroxyl groups excluding tert-OH is 1. The zero-order chi connectivity index (χ0) is 18.2. The number of allylic oxidation sites excluding steroid dienone is 2.